The van der Waals surface area contributed by atoms with Crippen molar-refractivity contribution in [3.05, 3.63) is 41.7 Å². The van der Waals surface area contributed by atoms with Gasteiger partial charge >= 0.3 is 12.2 Å². The zero-order chi connectivity index (χ0) is 22.4. The van der Waals surface area contributed by atoms with Crippen LogP contribution < -0.4 is 14.2 Å². The van der Waals surface area contributed by atoms with Gasteiger partial charge in [-0.2, -0.15) is 18.2 Å². The quantitative estimate of drug-likeness (QED) is 0.650. The normalized spacial score (nSPS) is 16.7. The fourth-order valence-corrected chi connectivity index (χ4v) is 3.29. The number of likely N-dealkylation sites (tertiary alicyclic amines) is 1. The third-order valence-electron chi connectivity index (χ3n) is 4.65. The summed E-state index contributed by atoms with van der Waals surface area (Å²) < 4.78 is 55.2. The van der Waals surface area contributed by atoms with E-state index in [1.807, 2.05) is 13.8 Å². The van der Waals surface area contributed by atoms with Crippen LogP contribution in [0.4, 0.5) is 13.2 Å². The fourth-order valence-electron chi connectivity index (χ4n) is 3.29. The Morgan fingerprint density at radius 2 is 1.90 bits per heavy atom. The molecule has 1 aliphatic heterocycles. The third kappa shape index (κ3) is 5.77. The van der Waals surface area contributed by atoms with Gasteiger partial charge in [0.25, 0.3) is 5.91 Å². The number of benzene rings is 1. The first-order valence-corrected chi connectivity index (χ1v) is 10.1. The van der Waals surface area contributed by atoms with E-state index >= 15 is 0 Å². The Balaban J connectivity index is 1.70. The molecule has 3 rings (SSSR count). The molecule has 7 nitrogen and oxygen atoms in total. The number of halogens is 3. The van der Waals surface area contributed by atoms with E-state index in [1.54, 1.807) is 23.1 Å². The highest BCUT2D eigenvalue weighted by Crippen LogP contribution is 2.30. The average molecular weight is 439 g/mol. The maximum atomic E-state index is 13.0. The van der Waals surface area contributed by atoms with Crippen molar-refractivity contribution in [1.29, 1.82) is 0 Å². The Bertz CT molecular complexity index is 908. The van der Waals surface area contributed by atoms with Crippen LogP contribution in [0, 0.1) is 0 Å². The number of nitrogens with zero attached hydrogens (tertiary/aromatic N) is 3. The first kappa shape index (κ1) is 22.6. The molecule has 31 heavy (non-hydrogen) atoms. The Morgan fingerprint density at radius 1 is 1.16 bits per heavy atom. The van der Waals surface area contributed by atoms with Gasteiger partial charge in [0, 0.05) is 18.3 Å². The van der Waals surface area contributed by atoms with Gasteiger partial charge in [-0.3, -0.25) is 4.79 Å². The van der Waals surface area contributed by atoms with Gasteiger partial charge in [-0.1, -0.05) is 0 Å². The Hall–Kier alpha value is -3.04. The van der Waals surface area contributed by atoms with Gasteiger partial charge in [-0.15, -0.1) is 0 Å². The molecular formula is C21H24F3N3O4. The minimum atomic E-state index is -4.58. The van der Waals surface area contributed by atoms with Crippen LogP contribution in [0.15, 0.2) is 30.5 Å². The molecule has 0 bridgehead atoms. The molecule has 1 unspecified atom stereocenters. The average Bonchev–Trinajstić information content (AvgIpc) is 2.74. The van der Waals surface area contributed by atoms with Crippen molar-refractivity contribution in [2.45, 2.75) is 39.0 Å². The lowest BCUT2D eigenvalue weighted by Crippen LogP contribution is -2.44. The lowest BCUT2D eigenvalue weighted by atomic mass is 10.1. The highest BCUT2D eigenvalue weighted by Gasteiger charge is 2.33. The summed E-state index contributed by atoms with van der Waals surface area (Å²) in [7, 11) is 0. The molecule has 2 aromatic rings. The van der Waals surface area contributed by atoms with Gasteiger partial charge in [-0.25, -0.2) is 4.98 Å². The highest BCUT2D eigenvalue weighted by atomic mass is 19.4. The van der Waals surface area contributed by atoms with E-state index in [1.165, 1.54) is 0 Å². The molecular weight excluding hydrogens is 415 g/mol. The largest absolute Gasteiger partial charge is 0.490 e. The Morgan fingerprint density at radius 3 is 2.61 bits per heavy atom. The van der Waals surface area contributed by atoms with Crippen LogP contribution in [0.5, 0.6) is 17.5 Å². The summed E-state index contributed by atoms with van der Waals surface area (Å²) in [5.74, 6) is 0.821. The van der Waals surface area contributed by atoms with Crippen LogP contribution in [0.1, 0.15) is 42.7 Å². The summed E-state index contributed by atoms with van der Waals surface area (Å²) in [6.45, 7) is 5.32. The number of ether oxygens (including phenoxy) is 3. The Labute approximate surface area is 178 Å². The summed E-state index contributed by atoms with van der Waals surface area (Å²) in [4.78, 5) is 21.8. The maximum absolute atomic E-state index is 13.0. The van der Waals surface area contributed by atoms with E-state index in [2.05, 4.69) is 9.97 Å². The van der Waals surface area contributed by atoms with Crippen LogP contribution in [0.3, 0.4) is 0 Å². The van der Waals surface area contributed by atoms with E-state index in [0.717, 1.165) is 12.3 Å². The summed E-state index contributed by atoms with van der Waals surface area (Å²) in [6.07, 6.45) is -2.86. The summed E-state index contributed by atoms with van der Waals surface area (Å²) >= 11 is 0. The standard InChI is InChI=1S/C21H24F3N3O4/c1-3-29-16-8-7-14(12-17(16)30-4-2)19(28)27-11-5-6-15(13-27)31-20-25-10-9-18(26-20)21(22,23)24/h7-10,12,15H,3-6,11,13H2,1-2H3. The number of aromatic nitrogens is 2. The predicted molar refractivity (Wildman–Crippen MR) is 105 cm³/mol. The predicted octanol–water partition coefficient (Wildman–Crippen LogP) is 3.98. The molecule has 0 spiro atoms. The van der Waals surface area contributed by atoms with Crippen molar-refractivity contribution in [3.8, 4) is 17.5 Å². The number of alkyl halides is 3. The second-order valence-electron chi connectivity index (χ2n) is 6.88. The third-order valence-corrected chi connectivity index (χ3v) is 4.65. The van der Waals surface area contributed by atoms with Crippen LogP contribution in [-0.4, -0.2) is 53.2 Å². The van der Waals surface area contributed by atoms with E-state index in [9.17, 15) is 18.0 Å². The van der Waals surface area contributed by atoms with Crippen LogP contribution in [-0.2, 0) is 6.18 Å². The lowest BCUT2D eigenvalue weighted by molar-refractivity contribution is -0.141. The van der Waals surface area contributed by atoms with E-state index < -0.39 is 18.0 Å². The first-order valence-electron chi connectivity index (χ1n) is 10.1. The topological polar surface area (TPSA) is 73.8 Å². The molecule has 0 N–H and O–H groups in total. The summed E-state index contributed by atoms with van der Waals surface area (Å²) in [5.41, 5.74) is -0.637. The van der Waals surface area contributed by atoms with Crippen LogP contribution >= 0.6 is 0 Å². The first-order chi connectivity index (χ1) is 14.8. The smallest absolute Gasteiger partial charge is 0.433 e. The van der Waals surface area contributed by atoms with Crippen molar-refractivity contribution in [2.75, 3.05) is 26.3 Å². The number of piperidine rings is 1. The summed E-state index contributed by atoms with van der Waals surface area (Å²) in [5, 5.41) is 0. The van der Waals surface area contributed by atoms with Gasteiger partial charge in [-0.05, 0) is 51.0 Å². The molecule has 10 heteroatoms. The van der Waals surface area contributed by atoms with Gasteiger partial charge in [0.2, 0.25) is 0 Å². The van der Waals surface area contributed by atoms with Crippen LogP contribution in [0.25, 0.3) is 0 Å². The van der Waals surface area contributed by atoms with E-state index in [4.69, 9.17) is 14.2 Å². The minimum absolute atomic E-state index is 0.218. The lowest BCUT2D eigenvalue weighted by Gasteiger charge is -2.32. The number of carbonyl (C=O) groups excluding carboxylic acids is 1. The minimum Gasteiger partial charge on any atom is -0.490 e. The second-order valence-corrected chi connectivity index (χ2v) is 6.88. The number of hydrogen-bond donors (Lipinski definition) is 0. The molecule has 0 radical (unpaired) electrons. The second kappa shape index (κ2) is 9.84. The molecule has 1 fully saturated rings. The molecule has 1 atom stereocenters. The molecule has 1 saturated heterocycles. The monoisotopic (exact) mass is 439 g/mol. The molecule has 0 saturated carbocycles. The Kier molecular flexibility index (Phi) is 7.19. The molecule has 1 amide bonds. The molecule has 1 aromatic carbocycles. The van der Waals surface area contributed by atoms with Crippen molar-refractivity contribution in [1.82, 2.24) is 14.9 Å². The van der Waals surface area contributed by atoms with Crippen molar-refractivity contribution < 1.29 is 32.2 Å². The molecule has 1 aromatic heterocycles. The van der Waals surface area contributed by atoms with Gasteiger partial charge in [0.05, 0.1) is 19.8 Å². The van der Waals surface area contributed by atoms with E-state index in [-0.39, 0.29) is 18.5 Å². The molecule has 168 valence electrons. The molecule has 1 aliphatic rings. The highest BCUT2D eigenvalue weighted by molar-refractivity contribution is 5.95. The van der Waals surface area contributed by atoms with Gasteiger partial charge in [0.1, 0.15) is 6.10 Å². The van der Waals surface area contributed by atoms with Crippen LogP contribution in [0.2, 0.25) is 0 Å². The van der Waals surface area contributed by atoms with Crippen molar-refractivity contribution >= 4 is 5.91 Å². The number of carbonyl (C=O) groups is 1. The fraction of sp³-hybridized carbons (Fsp3) is 0.476. The number of amides is 1. The van der Waals surface area contributed by atoms with Gasteiger partial charge < -0.3 is 19.1 Å². The SMILES string of the molecule is CCOc1ccc(C(=O)N2CCCC(Oc3nccc(C(F)(F)F)n3)C2)cc1OCC. The summed E-state index contributed by atoms with van der Waals surface area (Å²) in [6, 6.07) is 5.42. The van der Waals surface area contributed by atoms with Crippen molar-refractivity contribution in [3.63, 3.8) is 0 Å². The van der Waals surface area contributed by atoms with E-state index in [0.29, 0.717) is 49.7 Å². The van der Waals surface area contributed by atoms with Gasteiger partial charge in [0.15, 0.2) is 17.2 Å². The molecule has 0 aliphatic carbocycles. The van der Waals surface area contributed by atoms with Crippen molar-refractivity contribution in [2.24, 2.45) is 0 Å². The number of hydrogen-bond acceptors (Lipinski definition) is 6. The maximum Gasteiger partial charge on any atom is 0.433 e. The zero-order valence-corrected chi connectivity index (χ0v) is 17.3. The zero-order valence-electron chi connectivity index (χ0n) is 17.3. The molecule has 2 heterocycles. The number of rotatable bonds is 7.